The second kappa shape index (κ2) is 4.49. The van der Waals surface area contributed by atoms with Crippen molar-refractivity contribution in [2.24, 2.45) is 0 Å². The molecule has 0 fully saturated rings. The first kappa shape index (κ1) is 8.62. The van der Waals surface area contributed by atoms with Crippen molar-refractivity contribution in [3.05, 3.63) is 24.8 Å². The molecule has 0 saturated carbocycles. The maximum absolute atomic E-state index is 10.5. The third-order valence-corrected chi connectivity index (χ3v) is 0.683. The van der Waals surface area contributed by atoms with Crippen molar-refractivity contribution in [3.8, 4) is 0 Å². The van der Waals surface area contributed by atoms with Gasteiger partial charge >= 0.3 is 0 Å². The van der Waals surface area contributed by atoms with Crippen molar-refractivity contribution in [2.45, 2.75) is 6.92 Å². The smallest absolute Gasteiger partial charge is 0.250 e. The predicted octanol–water partition coefficient (Wildman–Crippen LogP) is 0.391. The molecule has 0 aliphatic rings. The van der Waals surface area contributed by atoms with Gasteiger partial charge in [0.05, 0.1) is 0 Å². The molecule has 0 saturated heterocycles. The van der Waals surface area contributed by atoms with Crippen LogP contribution in [0.25, 0.3) is 0 Å². The molecule has 54 valence electrons. The van der Waals surface area contributed by atoms with Crippen LogP contribution in [-0.2, 0) is 9.59 Å². The van der Waals surface area contributed by atoms with Gasteiger partial charge in [-0.3, -0.25) is 14.9 Å². The molecule has 0 aromatic heterocycles. The van der Waals surface area contributed by atoms with Gasteiger partial charge in [0.1, 0.15) is 0 Å². The first-order chi connectivity index (χ1) is 4.66. The Morgan fingerprint density at radius 1 is 1.50 bits per heavy atom. The van der Waals surface area contributed by atoms with Crippen molar-refractivity contribution in [1.82, 2.24) is 5.32 Å². The number of imide groups is 1. The van der Waals surface area contributed by atoms with E-state index < -0.39 is 5.91 Å². The molecule has 3 heteroatoms. The number of hydrogen-bond donors (Lipinski definition) is 1. The van der Waals surface area contributed by atoms with Crippen LogP contribution < -0.4 is 5.32 Å². The van der Waals surface area contributed by atoms with Gasteiger partial charge in [-0.05, 0) is 0 Å². The van der Waals surface area contributed by atoms with E-state index in [-0.39, 0.29) is 5.91 Å². The summed E-state index contributed by atoms with van der Waals surface area (Å²) in [5, 5.41) is 2.07. The molecule has 0 aromatic carbocycles. The summed E-state index contributed by atoms with van der Waals surface area (Å²) in [6.07, 6.45) is 4.15. The first-order valence-electron chi connectivity index (χ1n) is 2.77. The normalized spacial score (nSPS) is 9.30. The Hall–Kier alpha value is -1.38. The summed E-state index contributed by atoms with van der Waals surface area (Å²) in [5.74, 6) is -0.786. The summed E-state index contributed by atoms with van der Waals surface area (Å²) < 4.78 is 0. The molecule has 2 amide bonds. The fraction of sp³-hybridized carbons (Fsp3) is 0.143. The van der Waals surface area contributed by atoms with Crippen LogP contribution in [0.1, 0.15) is 6.92 Å². The topological polar surface area (TPSA) is 46.2 Å². The molecule has 0 bridgehead atoms. The lowest BCUT2D eigenvalue weighted by molar-refractivity contribution is -0.126. The van der Waals surface area contributed by atoms with Gasteiger partial charge in [-0.15, -0.1) is 0 Å². The van der Waals surface area contributed by atoms with Crippen LogP contribution in [0.3, 0.4) is 0 Å². The van der Waals surface area contributed by atoms with Crippen LogP contribution in [0.4, 0.5) is 0 Å². The van der Waals surface area contributed by atoms with Crippen LogP contribution in [0.2, 0.25) is 0 Å². The van der Waals surface area contributed by atoms with Crippen LogP contribution in [0, 0.1) is 0 Å². The summed E-state index contributed by atoms with van der Waals surface area (Å²) in [6, 6.07) is 0. The van der Waals surface area contributed by atoms with Gasteiger partial charge in [0.2, 0.25) is 5.91 Å². The summed E-state index contributed by atoms with van der Waals surface area (Å²) in [7, 11) is 0. The maximum atomic E-state index is 10.5. The van der Waals surface area contributed by atoms with Gasteiger partial charge in [-0.25, -0.2) is 0 Å². The number of carbonyl (C=O) groups excluding carboxylic acids is 2. The van der Waals surface area contributed by atoms with Crippen LogP contribution >= 0.6 is 0 Å². The van der Waals surface area contributed by atoms with Crippen molar-refractivity contribution in [3.63, 3.8) is 0 Å². The third-order valence-electron chi connectivity index (χ3n) is 0.683. The van der Waals surface area contributed by atoms with E-state index >= 15 is 0 Å². The van der Waals surface area contributed by atoms with E-state index in [2.05, 4.69) is 11.9 Å². The molecular formula is C7H9NO2. The van der Waals surface area contributed by atoms with Crippen LogP contribution in [-0.4, -0.2) is 11.8 Å². The molecule has 0 radical (unpaired) electrons. The Morgan fingerprint density at radius 3 is 2.50 bits per heavy atom. The average Bonchev–Trinajstić information content (AvgIpc) is 1.82. The molecule has 0 aliphatic carbocycles. The van der Waals surface area contributed by atoms with Crippen molar-refractivity contribution < 1.29 is 9.59 Å². The Balaban J connectivity index is 3.75. The molecule has 1 N–H and O–H groups in total. The fourth-order valence-electron chi connectivity index (χ4n) is 0.371. The molecule has 10 heavy (non-hydrogen) atoms. The van der Waals surface area contributed by atoms with Gasteiger partial charge < -0.3 is 0 Å². The minimum atomic E-state index is -0.424. The van der Waals surface area contributed by atoms with E-state index in [4.69, 9.17) is 0 Å². The SMILES string of the molecule is C=C/C=C/C(=O)NC(C)=O. The van der Waals surface area contributed by atoms with E-state index in [1.54, 1.807) is 0 Å². The average molecular weight is 139 g/mol. The van der Waals surface area contributed by atoms with Crippen molar-refractivity contribution >= 4 is 11.8 Å². The summed E-state index contributed by atoms with van der Waals surface area (Å²) >= 11 is 0. The zero-order valence-electron chi connectivity index (χ0n) is 5.76. The van der Waals surface area contributed by atoms with Crippen LogP contribution in [0.15, 0.2) is 24.8 Å². The minimum Gasteiger partial charge on any atom is -0.293 e. The number of amides is 2. The number of carbonyl (C=O) groups is 2. The van der Waals surface area contributed by atoms with E-state index in [0.29, 0.717) is 0 Å². The van der Waals surface area contributed by atoms with Gasteiger partial charge in [0, 0.05) is 13.0 Å². The highest BCUT2D eigenvalue weighted by Crippen LogP contribution is 1.73. The van der Waals surface area contributed by atoms with E-state index in [0.717, 1.165) is 0 Å². The molecule has 0 rings (SSSR count). The molecule has 0 heterocycles. The molecule has 0 spiro atoms. The summed E-state index contributed by atoms with van der Waals surface area (Å²) in [6.45, 7) is 4.64. The highest BCUT2D eigenvalue weighted by Gasteiger charge is 1.94. The molecule has 0 atom stereocenters. The molecular weight excluding hydrogens is 130 g/mol. The van der Waals surface area contributed by atoms with Gasteiger partial charge in [-0.1, -0.05) is 18.7 Å². The van der Waals surface area contributed by atoms with E-state index in [1.165, 1.54) is 25.2 Å². The zero-order valence-corrected chi connectivity index (χ0v) is 5.76. The first-order valence-corrected chi connectivity index (χ1v) is 2.77. The molecule has 0 aromatic rings. The van der Waals surface area contributed by atoms with E-state index in [1.807, 2.05) is 0 Å². The molecule has 0 unspecified atom stereocenters. The fourth-order valence-corrected chi connectivity index (χ4v) is 0.371. The number of allylic oxidation sites excluding steroid dienone is 2. The Morgan fingerprint density at radius 2 is 2.10 bits per heavy atom. The number of nitrogens with one attached hydrogen (secondary N) is 1. The standard InChI is InChI=1S/C7H9NO2/c1-3-4-5-7(10)8-6(2)9/h3-5H,1H2,2H3,(H,8,9,10)/b5-4+. The predicted molar refractivity (Wildman–Crippen MR) is 38.2 cm³/mol. The van der Waals surface area contributed by atoms with Crippen LogP contribution in [0.5, 0.6) is 0 Å². The third kappa shape index (κ3) is 4.77. The maximum Gasteiger partial charge on any atom is 0.250 e. The second-order valence-electron chi connectivity index (χ2n) is 1.64. The van der Waals surface area contributed by atoms with Gasteiger partial charge in [-0.2, -0.15) is 0 Å². The quantitative estimate of drug-likeness (QED) is 0.444. The molecule has 0 aliphatic heterocycles. The Labute approximate surface area is 59.4 Å². The zero-order chi connectivity index (χ0) is 7.98. The summed E-state index contributed by atoms with van der Waals surface area (Å²) in [4.78, 5) is 20.8. The van der Waals surface area contributed by atoms with Crippen molar-refractivity contribution in [1.29, 1.82) is 0 Å². The monoisotopic (exact) mass is 139 g/mol. The minimum absolute atomic E-state index is 0.362. The summed E-state index contributed by atoms with van der Waals surface area (Å²) in [5.41, 5.74) is 0. The molecule has 3 nitrogen and oxygen atoms in total. The largest absolute Gasteiger partial charge is 0.293 e. The highest BCUT2D eigenvalue weighted by molar-refractivity contribution is 6.00. The lowest BCUT2D eigenvalue weighted by Crippen LogP contribution is -2.25. The van der Waals surface area contributed by atoms with Crippen molar-refractivity contribution in [2.75, 3.05) is 0 Å². The van der Waals surface area contributed by atoms with Gasteiger partial charge in [0.15, 0.2) is 0 Å². The highest BCUT2D eigenvalue weighted by atomic mass is 16.2. The second-order valence-corrected chi connectivity index (χ2v) is 1.64. The number of hydrogen-bond acceptors (Lipinski definition) is 2. The Bertz CT molecular complexity index is 182. The lowest BCUT2D eigenvalue weighted by Gasteiger charge is -1.91. The number of rotatable bonds is 2. The lowest BCUT2D eigenvalue weighted by atomic mass is 10.4. The Kier molecular flexibility index (Phi) is 3.87. The van der Waals surface area contributed by atoms with Gasteiger partial charge in [0.25, 0.3) is 5.91 Å². The van der Waals surface area contributed by atoms with E-state index in [9.17, 15) is 9.59 Å².